The van der Waals surface area contributed by atoms with Crippen molar-refractivity contribution >= 4 is 29.2 Å². The normalized spacial score (nSPS) is 11.7. The van der Waals surface area contributed by atoms with E-state index in [1.54, 1.807) is 36.9 Å². The van der Waals surface area contributed by atoms with Gasteiger partial charge in [-0.3, -0.25) is 14.6 Å². The second kappa shape index (κ2) is 6.55. The van der Waals surface area contributed by atoms with E-state index in [0.29, 0.717) is 16.8 Å². The zero-order chi connectivity index (χ0) is 17.1. The molecule has 6 heteroatoms. The first kappa shape index (κ1) is 15.8. The fourth-order valence-corrected chi connectivity index (χ4v) is 2.43. The van der Waals surface area contributed by atoms with Gasteiger partial charge < -0.3 is 10.7 Å². The summed E-state index contributed by atoms with van der Waals surface area (Å²) < 4.78 is 0. The van der Waals surface area contributed by atoms with Gasteiger partial charge in [-0.1, -0.05) is 0 Å². The molecule has 3 heterocycles. The van der Waals surface area contributed by atoms with Crippen molar-refractivity contribution in [3.8, 4) is 11.1 Å². The van der Waals surface area contributed by atoms with Crippen LogP contribution in [0.1, 0.15) is 22.8 Å². The molecule has 3 N–H and O–H groups in total. The Morgan fingerprint density at radius 1 is 1.25 bits per heavy atom. The number of pyridine rings is 2. The van der Waals surface area contributed by atoms with Gasteiger partial charge in [-0.2, -0.15) is 0 Å². The predicted molar refractivity (Wildman–Crippen MR) is 92.4 cm³/mol. The molecule has 0 aliphatic carbocycles. The lowest BCUT2D eigenvalue weighted by molar-refractivity contribution is -0.104. The van der Waals surface area contributed by atoms with Crippen LogP contribution >= 0.6 is 0 Å². The minimum Gasteiger partial charge on any atom is -0.346 e. The van der Waals surface area contributed by atoms with Crippen LogP contribution in [-0.2, 0) is 4.79 Å². The van der Waals surface area contributed by atoms with Crippen LogP contribution in [0.15, 0.2) is 42.5 Å². The molecule has 0 fully saturated rings. The van der Waals surface area contributed by atoms with Crippen LogP contribution in [-0.4, -0.2) is 33.6 Å². The van der Waals surface area contributed by atoms with Gasteiger partial charge in [-0.15, -0.1) is 0 Å². The monoisotopic (exact) mass is 320 g/mol. The van der Waals surface area contributed by atoms with Gasteiger partial charge in [0.2, 0.25) is 0 Å². The minimum absolute atomic E-state index is 0.0396. The maximum atomic E-state index is 11.5. The van der Waals surface area contributed by atoms with E-state index in [4.69, 9.17) is 5.73 Å². The molecular weight excluding hydrogens is 304 g/mol. The molecule has 0 bridgehead atoms. The predicted octanol–water partition coefficient (Wildman–Crippen LogP) is 2.37. The first-order chi connectivity index (χ1) is 11.6. The minimum atomic E-state index is -0.0396. The lowest BCUT2D eigenvalue weighted by atomic mass is 10.0. The van der Waals surface area contributed by atoms with E-state index >= 15 is 0 Å². The highest BCUT2D eigenvalue weighted by Gasteiger charge is 2.08. The van der Waals surface area contributed by atoms with Crippen LogP contribution in [0.25, 0.3) is 28.2 Å². The van der Waals surface area contributed by atoms with E-state index in [1.807, 2.05) is 6.07 Å². The number of Topliss-reactive ketones (excluding diaryl/α,β-unsaturated/α-hetero) is 1. The maximum absolute atomic E-state index is 11.5. The lowest BCUT2D eigenvalue weighted by Gasteiger charge is -2.03. The van der Waals surface area contributed by atoms with Gasteiger partial charge in [-0.05, 0) is 25.1 Å². The number of carbonyl (C=O) groups excluding carboxylic acids is 2. The summed E-state index contributed by atoms with van der Waals surface area (Å²) in [4.78, 5) is 34.1. The van der Waals surface area contributed by atoms with E-state index in [1.165, 1.54) is 6.92 Å². The number of carbonyl (C=O) groups is 2. The topological polar surface area (TPSA) is 102 Å². The number of H-pyrrole nitrogens is 1. The number of rotatable bonds is 5. The van der Waals surface area contributed by atoms with Gasteiger partial charge in [0.15, 0.2) is 5.78 Å². The Balaban J connectivity index is 2.11. The highest BCUT2D eigenvalue weighted by molar-refractivity contribution is 5.96. The van der Waals surface area contributed by atoms with E-state index in [9.17, 15) is 9.59 Å². The van der Waals surface area contributed by atoms with E-state index in [2.05, 4.69) is 15.0 Å². The van der Waals surface area contributed by atoms with Crippen LogP contribution in [0.3, 0.4) is 0 Å². The van der Waals surface area contributed by atoms with Gasteiger partial charge >= 0.3 is 0 Å². The van der Waals surface area contributed by atoms with Crippen molar-refractivity contribution < 1.29 is 9.59 Å². The number of hydrogen-bond acceptors (Lipinski definition) is 5. The summed E-state index contributed by atoms with van der Waals surface area (Å²) >= 11 is 0. The van der Waals surface area contributed by atoms with E-state index in [0.717, 1.165) is 28.4 Å². The maximum Gasteiger partial charge on any atom is 0.161 e. The average Bonchev–Trinajstić information content (AvgIpc) is 3.01. The van der Waals surface area contributed by atoms with Crippen molar-refractivity contribution in [1.29, 1.82) is 0 Å². The molecule has 0 amide bonds. The summed E-state index contributed by atoms with van der Waals surface area (Å²) in [7, 11) is 0. The van der Waals surface area contributed by atoms with Crippen molar-refractivity contribution in [2.45, 2.75) is 6.92 Å². The molecular formula is C18H16N4O2. The molecule has 0 aromatic carbocycles. The van der Waals surface area contributed by atoms with Crippen LogP contribution < -0.4 is 5.73 Å². The fraction of sp³-hybridized carbons (Fsp3) is 0.111. The Morgan fingerprint density at radius 3 is 2.75 bits per heavy atom. The molecule has 0 aliphatic rings. The van der Waals surface area contributed by atoms with Crippen LogP contribution in [0.2, 0.25) is 0 Å². The Bertz CT molecular complexity index is 957. The number of aromatic amines is 1. The molecule has 0 atom stereocenters. The molecule has 3 aromatic rings. The zero-order valence-electron chi connectivity index (χ0n) is 13.1. The van der Waals surface area contributed by atoms with Gasteiger partial charge in [0.25, 0.3) is 0 Å². The number of fused-ring (bicyclic) bond motifs is 1. The molecule has 3 aromatic heterocycles. The number of nitrogens with two attached hydrogens (primary N) is 1. The number of hydrogen-bond donors (Lipinski definition) is 2. The quantitative estimate of drug-likeness (QED) is 0.427. The molecule has 3 rings (SSSR count). The summed E-state index contributed by atoms with van der Waals surface area (Å²) in [5.41, 5.74) is 9.79. The standard InChI is InChI=1S/C18H16N4O2/c1-11(24)13-3-14(7-20-6-13)15-4-17-16(2-12(5-19)10-23)9-22-18(17)21-8-15/h2-4,6-10H,5,19H2,1H3,(H,21,22). The van der Waals surface area contributed by atoms with Gasteiger partial charge in [-0.25, -0.2) is 4.98 Å². The zero-order valence-corrected chi connectivity index (χ0v) is 13.1. The molecule has 120 valence electrons. The third kappa shape index (κ3) is 3.00. The largest absolute Gasteiger partial charge is 0.346 e. The molecule has 0 radical (unpaired) electrons. The van der Waals surface area contributed by atoms with Crippen LogP contribution in [0.5, 0.6) is 0 Å². The highest BCUT2D eigenvalue weighted by Crippen LogP contribution is 2.26. The second-order valence-electron chi connectivity index (χ2n) is 5.42. The van der Waals surface area contributed by atoms with Gasteiger partial charge in [0.05, 0.1) is 0 Å². The summed E-state index contributed by atoms with van der Waals surface area (Å²) in [6, 6.07) is 3.74. The molecule has 6 nitrogen and oxygen atoms in total. The van der Waals surface area contributed by atoms with Crippen molar-refractivity contribution in [2.24, 2.45) is 5.73 Å². The Morgan fingerprint density at radius 2 is 2.04 bits per heavy atom. The average molecular weight is 320 g/mol. The number of aldehydes is 1. The van der Waals surface area contributed by atoms with E-state index < -0.39 is 0 Å². The third-order valence-corrected chi connectivity index (χ3v) is 3.77. The number of nitrogens with one attached hydrogen (secondary N) is 1. The number of aromatic nitrogens is 3. The summed E-state index contributed by atoms with van der Waals surface area (Å²) in [6.07, 6.45) is 9.22. The Labute approximate surface area is 138 Å². The molecule has 0 saturated carbocycles. The van der Waals surface area contributed by atoms with Crippen molar-refractivity contribution in [3.05, 3.63) is 53.6 Å². The SMILES string of the molecule is CC(=O)c1cncc(-c2cnc3[nH]cc(C=C(C=O)CN)c3c2)c1. The van der Waals surface area contributed by atoms with Crippen molar-refractivity contribution in [1.82, 2.24) is 15.0 Å². The highest BCUT2D eigenvalue weighted by atomic mass is 16.1. The molecule has 0 unspecified atom stereocenters. The Kier molecular flexibility index (Phi) is 4.31. The van der Waals surface area contributed by atoms with Crippen molar-refractivity contribution in [3.63, 3.8) is 0 Å². The lowest BCUT2D eigenvalue weighted by Crippen LogP contribution is -2.03. The van der Waals surface area contributed by atoms with Crippen molar-refractivity contribution in [2.75, 3.05) is 6.54 Å². The first-order valence-corrected chi connectivity index (χ1v) is 7.41. The van der Waals surface area contributed by atoms with Gasteiger partial charge in [0.1, 0.15) is 11.9 Å². The smallest absolute Gasteiger partial charge is 0.161 e. The molecule has 24 heavy (non-hydrogen) atoms. The molecule has 0 aliphatic heterocycles. The fourth-order valence-electron chi connectivity index (χ4n) is 2.43. The van der Waals surface area contributed by atoms with Gasteiger partial charge in [0, 0.05) is 64.5 Å². The molecule has 0 saturated heterocycles. The summed E-state index contributed by atoms with van der Waals surface area (Å²) in [5.74, 6) is -0.0396. The van der Waals surface area contributed by atoms with E-state index in [-0.39, 0.29) is 12.3 Å². The first-order valence-electron chi connectivity index (χ1n) is 7.41. The van der Waals surface area contributed by atoms with Crippen LogP contribution in [0, 0.1) is 0 Å². The number of ketones is 1. The van der Waals surface area contributed by atoms with Crippen LogP contribution in [0.4, 0.5) is 0 Å². The third-order valence-electron chi connectivity index (χ3n) is 3.77. The summed E-state index contributed by atoms with van der Waals surface area (Å²) in [6.45, 7) is 1.68. The Hall–Kier alpha value is -3.12. The number of nitrogens with zero attached hydrogens (tertiary/aromatic N) is 2. The summed E-state index contributed by atoms with van der Waals surface area (Å²) in [5, 5.41) is 0.869. The molecule has 0 spiro atoms. The second-order valence-corrected chi connectivity index (χ2v) is 5.42.